The molecule has 0 saturated carbocycles. The van der Waals surface area contributed by atoms with Crippen LogP contribution >= 0.6 is 11.6 Å². The van der Waals surface area contributed by atoms with Gasteiger partial charge in [-0.1, -0.05) is 11.6 Å². The van der Waals surface area contributed by atoms with Crippen molar-refractivity contribution in [2.45, 2.75) is 0 Å². The summed E-state index contributed by atoms with van der Waals surface area (Å²) in [5.74, 6) is -0.995. The van der Waals surface area contributed by atoms with Gasteiger partial charge in [0.1, 0.15) is 12.1 Å². The topological polar surface area (TPSA) is 76.0 Å². The normalized spacial score (nSPS) is 13.9. The molecule has 78 valence electrons. The van der Waals surface area contributed by atoms with Crippen molar-refractivity contribution in [3.8, 4) is 11.5 Å². The Bertz CT molecular complexity index is 422. The van der Waals surface area contributed by atoms with Crippen LogP contribution in [0.5, 0.6) is 11.5 Å². The average Bonchev–Trinajstić information content (AvgIpc) is 2.16. The maximum absolute atomic E-state index is 10.9. The number of hydrogen-bond acceptors (Lipinski definition) is 4. The van der Waals surface area contributed by atoms with Crippen molar-refractivity contribution in [1.29, 1.82) is 0 Å². The first-order valence-corrected chi connectivity index (χ1v) is 4.50. The van der Waals surface area contributed by atoms with E-state index >= 15 is 0 Å². The predicted octanol–water partition coefficient (Wildman–Crippen LogP) is 0.829. The van der Waals surface area contributed by atoms with E-state index in [1.807, 2.05) is 0 Å². The summed E-state index contributed by atoms with van der Waals surface area (Å²) in [5.41, 5.74) is -0.201. The van der Waals surface area contributed by atoms with Crippen LogP contribution in [0.3, 0.4) is 0 Å². The number of rotatable bonds is 1. The van der Waals surface area contributed by atoms with Crippen molar-refractivity contribution in [3.05, 3.63) is 22.7 Å². The van der Waals surface area contributed by atoms with E-state index in [-0.39, 0.29) is 28.6 Å². The van der Waals surface area contributed by atoms with E-state index in [9.17, 15) is 4.79 Å². The molecule has 2 N–H and O–H groups in total. The van der Waals surface area contributed by atoms with Gasteiger partial charge in [0.15, 0.2) is 11.5 Å². The summed E-state index contributed by atoms with van der Waals surface area (Å²) in [5, 5.41) is 18.1. The van der Waals surface area contributed by atoms with E-state index in [4.69, 9.17) is 31.1 Å². The lowest BCUT2D eigenvalue weighted by atomic mass is 9.91. The minimum atomic E-state index is -1.23. The number of aromatic carboxylic acids is 1. The fraction of sp³-hybridized carbons (Fsp3) is 0.125. The van der Waals surface area contributed by atoms with Crippen LogP contribution in [0.25, 0.3) is 0 Å². The number of halogens is 1. The van der Waals surface area contributed by atoms with Crippen molar-refractivity contribution < 1.29 is 24.3 Å². The Morgan fingerprint density at radius 1 is 1.53 bits per heavy atom. The Hall–Kier alpha value is -1.40. The van der Waals surface area contributed by atoms with Gasteiger partial charge >= 0.3 is 13.1 Å². The molecule has 0 aliphatic carbocycles. The van der Waals surface area contributed by atoms with Gasteiger partial charge in [0, 0.05) is 0 Å². The van der Waals surface area contributed by atoms with Crippen molar-refractivity contribution in [1.82, 2.24) is 0 Å². The van der Waals surface area contributed by atoms with Crippen LogP contribution in [-0.4, -0.2) is 29.7 Å². The highest BCUT2D eigenvalue weighted by molar-refractivity contribution is 6.44. The zero-order valence-electron chi connectivity index (χ0n) is 7.44. The van der Waals surface area contributed by atoms with Gasteiger partial charge in [0.2, 0.25) is 0 Å². The molecule has 0 saturated heterocycles. The summed E-state index contributed by atoms with van der Waals surface area (Å²) in [6, 6.07) is 2.90. The SMILES string of the molecule is O=C(O)c1c(Cl)ccc2c1OB(O)CO2. The Balaban J connectivity index is 2.57. The minimum Gasteiger partial charge on any atom is -0.531 e. The van der Waals surface area contributed by atoms with Crippen LogP contribution in [0, 0.1) is 0 Å². The molecule has 0 bridgehead atoms. The number of benzene rings is 1. The van der Waals surface area contributed by atoms with Crippen LogP contribution in [0.4, 0.5) is 0 Å². The van der Waals surface area contributed by atoms with E-state index in [1.165, 1.54) is 12.1 Å². The molecule has 1 aliphatic rings. The number of fused-ring (bicyclic) bond motifs is 1. The molecule has 7 heteroatoms. The second-order valence-corrected chi connectivity index (χ2v) is 3.35. The zero-order chi connectivity index (χ0) is 11.0. The molecule has 0 aromatic heterocycles. The van der Waals surface area contributed by atoms with Gasteiger partial charge in [0.05, 0.1) is 5.02 Å². The third kappa shape index (κ3) is 1.73. The molecule has 15 heavy (non-hydrogen) atoms. The molecule has 0 spiro atoms. The summed E-state index contributed by atoms with van der Waals surface area (Å²) in [4.78, 5) is 10.9. The fourth-order valence-corrected chi connectivity index (χ4v) is 1.53. The molecule has 1 aromatic rings. The highest BCUT2D eigenvalue weighted by Gasteiger charge is 2.30. The molecule has 0 radical (unpaired) electrons. The molecular weight excluding hydrogens is 222 g/mol. The Kier molecular flexibility index (Phi) is 2.46. The van der Waals surface area contributed by atoms with Gasteiger partial charge in [-0.2, -0.15) is 0 Å². The third-order valence-electron chi connectivity index (χ3n) is 1.92. The molecular formula is C8H6BClO5. The lowest BCUT2D eigenvalue weighted by molar-refractivity contribution is 0.0693. The second-order valence-electron chi connectivity index (χ2n) is 2.94. The molecule has 1 aliphatic heterocycles. The smallest absolute Gasteiger partial charge is 0.531 e. The van der Waals surface area contributed by atoms with E-state index in [0.717, 1.165) is 0 Å². The highest BCUT2D eigenvalue weighted by Crippen LogP contribution is 2.38. The van der Waals surface area contributed by atoms with Crippen molar-refractivity contribution in [2.75, 3.05) is 6.51 Å². The van der Waals surface area contributed by atoms with Gasteiger partial charge in [-0.3, -0.25) is 0 Å². The van der Waals surface area contributed by atoms with E-state index < -0.39 is 13.1 Å². The quantitative estimate of drug-likeness (QED) is 0.696. The minimum absolute atomic E-state index is 0.0336. The van der Waals surface area contributed by atoms with E-state index in [2.05, 4.69) is 0 Å². The molecule has 0 amide bonds. The molecule has 2 rings (SSSR count). The highest BCUT2D eigenvalue weighted by atomic mass is 35.5. The zero-order valence-corrected chi connectivity index (χ0v) is 8.19. The van der Waals surface area contributed by atoms with Crippen LogP contribution in [0.15, 0.2) is 12.1 Å². The summed E-state index contributed by atoms with van der Waals surface area (Å²) in [6.07, 6.45) is 0. The first-order chi connectivity index (χ1) is 7.09. The molecule has 0 fully saturated rings. The first-order valence-electron chi connectivity index (χ1n) is 4.13. The van der Waals surface area contributed by atoms with E-state index in [0.29, 0.717) is 0 Å². The number of ether oxygens (including phenoxy) is 1. The number of carbonyl (C=O) groups is 1. The molecule has 0 atom stereocenters. The molecule has 0 unspecified atom stereocenters. The van der Waals surface area contributed by atoms with Crippen molar-refractivity contribution in [3.63, 3.8) is 0 Å². The third-order valence-corrected chi connectivity index (χ3v) is 2.23. The Morgan fingerprint density at radius 2 is 2.27 bits per heavy atom. The number of carboxylic acid groups (broad SMARTS) is 1. The largest absolute Gasteiger partial charge is 0.563 e. The predicted molar refractivity (Wildman–Crippen MR) is 52.5 cm³/mol. The Morgan fingerprint density at radius 3 is 2.93 bits per heavy atom. The first kappa shape index (κ1) is 10.1. The summed E-state index contributed by atoms with van der Waals surface area (Å²) >= 11 is 5.71. The van der Waals surface area contributed by atoms with Gasteiger partial charge in [-0.05, 0) is 12.1 Å². The molecule has 1 aromatic carbocycles. The number of carboxylic acids is 1. The summed E-state index contributed by atoms with van der Waals surface area (Å²) < 4.78 is 10.1. The summed E-state index contributed by atoms with van der Waals surface area (Å²) in [7, 11) is -1.17. The van der Waals surface area contributed by atoms with Crippen molar-refractivity contribution in [2.24, 2.45) is 0 Å². The summed E-state index contributed by atoms with van der Waals surface area (Å²) in [6.45, 7) is -0.0340. The van der Waals surface area contributed by atoms with Gasteiger partial charge in [-0.15, -0.1) is 0 Å². The van der Waals surface area contributed by atoms with Gasteiger partial charge < -0.3 is 19.5 Å². The fourth-order valence-electron chi connectivity index (χ4n) is 1.30. The van der Waals surface area contributed by atoms with E-state index in [1.54, 1.807) is 0 Å². The standard InChI is InChI=1S/C8H6BClO5/c10-4-1-2-5-7(6(4)8(11)12)15-9(13)3-14-5/h1-2,13H,3H2,(H,11,12). The van der Waals surface area contributed by atoms with Gasteiger partial charge in [0.25, 0.3) is 0 Å². The Labute approximate surface area is 90.3 Å². The molecule has 1 heterocycles. The van der Waals surface area contributed by atoms with Crippen LogP contribution in [0.2, 0.25) is 5.02 Å². The second kappa shape index (κ2) is 3.64. The van der Waals surface area contributed by atoms with Crippen LogP contribution in [0.1, 0.15) is 10.4 Å². The van der Waals surface area contributed by atoms with Crippen LogP contribution < -0.4 is 9.39 Å². The molecule has 5 nitrogen and oxygen atoms in total. The maximum Gasteiger partial charge on any atom is 0.563 e. The maximum atomic E-state index is 10.9. The van der Waals surface area contributed by atoms with Crippen LogP contribution in [-0.2, 0) is 0 Å². The lowest BCUT2D eigenvalue weighted by Gasteiger charge is -2.22. The van der Waals surface area contributed by atoms with Crippen molar-refractivity contribution >= 4 is 24.7 Å². The van der Waals surface area contributed by atoms with Gasteiger partial charge in [-0.25, -0.2) is 4.79 Å². The lowest BCUT2D eigenvalue weighted by Crippen LogP contribution is -2.34. The number of hydrogen-bond donors (Lipinski definition) is 2. The monoisotopic (exact) mass is 228 g/mol. The average molecular weight is 228 g/mol.